The predicted octanol–water partition coefficient (Wildman–Crippen LogP) is 4.88. The molecule has 4 rings (SSSR count). The van der Waals surface area contributed by atoms with Crippen molar-refractivity contribution in [3.63, 3.8) is 0 Å². The fourth-order valence-electron chi connectivity index (χ4n) is 3.64. The Morgan fingerprint density at radius 2 is 1.74 bits per heavy atom. The molecule has 1 amide bonds. The molecule has 0 aliphatic rings. The van der Waals surface area contributed by atoms with Gasteiger partial charge in [0, 0.05) is 29.2 Å². The SMILES string of the molecule is N#C/C(=C/c1ccc(OCc2ccccc2C#N)cc1)C(=O)NCCc1c[nH]c2ccccc12. The molecule has 1 heterocycles. The number of carbonyl (C=O) groups is 1. The fourth-order valence-corrected chi connectivity index (χ4v) is 3.64. The van der Waals surface area contributed by atoms with Crippen LogP contribution in [0.5, 0.6) is 5.75 Å². The van der Waals surface area contributed by atoms with Crippen molar-refractivity contribution in [2.75, 3.05) is 6.54 Å². The average molecular weight is 447 g/mol. The summed E-state index contributed by atoms with van der Waals surface area (Å²) < 4.78 is 5.77. The lowest BCUT2D eigenvalue weighted by Crippen LogP contribution is -2.26. The number of fused-ring (bicyclic) bond motifs is 1. The first-order valence-corrected chi connectivity index (χ1v) is 10.8. The molecule has 6 heteroatoms. The van der Waals surface area contributed by atoms with Crippen LogP contribution in [0, 0.1) is 22.7 Å². The first-order valence-electron chi connectivity index (χ1n) is 10.8. The van der Waals surface area contributed by atoms with Gasteiger partial charge >= 0.3 is 0 Å². The lowest BCUT2D eigenvalue weighted by Gasteiger charge is -2.08. The standard InChI is InChI=1S/C28H22N4O2/c29-16-21-5-1-2-6-23(21)19-34-25-11-9-20(10-12-25)15-24(17-30)28(33)31-14-13-22-18-32-27-8-4-3-7-26(22)27/h1-12,15,18,32H,13-14,19H2,(H,31,33)/b24-15-. The minimum absolute atomic E-state index is 0.0375. The number of nitrogens with zero attached hydrogens (tertiary/aromatic N) is 2. The number of rotatable bonds is 8. The number of hydrogen-bond acceptors (Lipinski definition) is 4. The van der Waals surface area contributed by atoms with Crippen molar-refractivity contribution in [3.05, 3.63) is 107 Å². The first kappa shape index (κ1) is 22.4. The number of nitrogens with one attached hydrogen (secondary N) is 2. The maximum atomic E-state index is 12.5. The van der Waals surface area contributed by atoms with Crippen molar-refractivity contribution < 1.29 is 9.53 Å². The van der Waals surface area contributed by atoms with E-state index in [1.807, 2.05) is 54.7 Å². The van der Waals surface area contributed by atoms with Crippen LogP contribution in [0.1, 0.15) is 22.3 Å². The normalized spacial score (nSPS) is 10.9. The smallest absolute Gasteiger partial charge is 0.261 e. The summed E-state index contributed by atoms with van der Waals surface area (Å²) in [6.45, 7) is 0.706. The number of benzene rings is 3. The van der Waals surface area contributed by atoms with Crippen molar-refractivity contribution in [1.82, 2.24) is 10.3 Å². The van der Waals surface area contributed by atoms with Crippen LogP contribution in [-0.4, -0.2) is 17.4 Å². The summed E-state index contributed by atoms with van der Waals surface area (Å²) >= 11 is 0. The molecule has 34 heavy (non-hydrogen) atoms. The maximum absolute atomic E-state index is 12.5. The third-order valence-electron chi connectivity index (χ3n) is 5.44. The van der Waals surface area contributed by atoms with Gasteiger partial charge in [-0.25, -0.2) is 0 Å². The topological polar surface area (TPSA) is 102 Å². The lowest BCUT2D eigenvalue weighted by atomic mass is 10.1. The zero-order valence-electron chi connectivity index (χ0n) is 18.4. The highest BCUT2D eigenvalue weighted by Crippen LogP contribution is 2.19. The molecule has 0 radical (unpaired) electrons. The highest BCUT2D eigenvalue weighted by Gasteiger charge is 2.10. The molecule has 0 aliphatic heterocycles. The van der Waals surface area contributed by atoms with Crippen molar-refractivity contribution in [1.29, 1.82) is 10.5 Å². The number of hydrogen-bond donors (Lipinski definition) is 2. The second-order valence-corrected chi connectivity index (χ2v) is 7.66. The van der Waals surface area contributed by atoms with Crippen molar-refractivity contribution in [2.45, 2.75) is 13.0 Å². The Hall–Kier alpha value is -4.81. The van der Waals surface area contributed by atoms with E-state index < -0.39 is 5.91 Å². The molecule has 0 atom stereocenters. The summed E-state index contributed by atoms with van der Waals surface area (Å²) in [5, 5.41) is 22.6. The third kappa shape index (κ3) is 5.32. The van der Waals surface area contributed by atoms with Crippen molar-refractivity contribution >= 4 is 22.9 Å². The van der Waals surface area contributed by atoms with Gasteiger partial charge in [0.15, 0.2) is 0 Å². The number of H-pyrrole nitrogens is 1. The van der Waals surface area contributed by atoms with Crippen LogP contribution in [0.4, 0.5) is 0 Å². The van der Waals surface area contributed by atoms with Gasteiger partial charge in [-0.2, -0.15) is 10.5 Å². The predicted molar refractivity (Wildman–Crippen MR) is 131 cm³/mol. The molecule has 0 bridgehead atoms. The number of para-hydroxylation sites is 1. The quantitative estimate of drug-likeness (QED) is 0.297. The summed E-state index contributed by atoms with van der Waals surface area (Å²) in [6, 6.07) is 26.5. The van der Waals surface area contributed by atoms with Crippen LogP contribution in [0.2, 0.25) is 0 Å². The number of aromatic nitrogens is 1. The minimum Gasteiger partial charge on any atom is -0.489 e. The van der Waals surface area contributed by atoms with Crippen LogP contribution in [-0.2, 0) is 17.8 Å². The number of amides is 1. The zero-order chi connectivity index (χ0) is 23.8. The average Bonchev–Trinajstić information content (AvgIpc) is 3.30. The van der Waals surface area contributed by atoms with Gasteiger partial charge < -0.3 is 15.0 Å². The molecule has 0 unspecified atom stereocenters. The van der Waals surface area contributed by atoms with E-state index in [0.717, 1.165) is 22.0 Å². The van der Waals surface area contributed by atoms with Gasteiger partial charge in [-0.15, -0.1) is 0 Å². The van der Waals surface area contributed by atoms with Gasteiger partial charge in [0.05, 0.1) is 11.6 Å². The van der Waals surface area contributed by atoms with E-state index in [-0.39, 0.29) is 12.2 Å². The van der Waals surface area contributed by atoms with E-state index >= 15 is 0 Å². The summed E-state index contributed by atoms with van der Waals surface area (Å²) in [5.41, 5.74) is 4.32. The fraction of sp³-hybridized carbons (Fsp3) is 0.107. The molecule has 0 saturated carbocycles. The summed E-state index contributed by atoms with van der Waals surface area (Å²) in [7, 11) is 0. The summed E-state index contributed by atoms with van der Waals surface area (Å²) in [4.78, 5) is 15.7. The van der Waals surface area contributed by atoms with Crippen LogP contribution in [0.15, 0.2) is 84.6 Å². The van der Waals surface area contributed by atoms with E-state index in [1.54, 1.807) is 36.4 Å². The third-order valence-corrected chi connectivity index (χ3v) is 5.44. The molecule has 4 aromatic rings. The van der Waals surface area contributed by atoms with E-state index in [9.17, 15) is 15.3 Å². The molecule has 1 aromatic heterocycles. The summed E-state index contributed by atoms with van der Waals surface area (Å²) in [6.07, 6.45) is 4.16. The number of carbonyl (C=O) groups excluding carboxylic acids is 1. The Morgan fingerprint density at radius 3 is 2.53 bits per heavy atom. The molecule has 0 spiro atoms. The molecule has 0 fully saturated rings. The summed E-state index contributed by atoms with van der Waals surface area (Å²) in [5.74, 6) is 0.224. The van der Waals surface area contributed by atoms with Crippen LogP contribution in [0.3, 0.4) is 0 Å². The Kier molecular flexibility index (Phi) is 7.03. The molecule has 2 N–H and O–H groups in total. The molecular formula is C28H22N4O2. The molecule has 0 saturated heterocycles. The van der Waals surface area contributed by atoms with E-state index in [0.29, 0.717) is 29.8 Å². The van der Waals surface area contributed by atoms with Gasteiger partial charge in [0.2, 0.25) is 0 Å². The van der Waals surface area contributed by atoms with Gasteiger partial charge in [-0.3, -0.25) is 4.79 Å². The Bertz CT molecular complexity index is 1420. The number of aromatic amines is 1. The Labute approximate surface area is 197 Å². The molecule has 6 nitrogen and oxygen atoms in total. The minimum atomic E-state index is -0.407. The number of ether oxygens (including phenoxy) is 1. The van der Waals surface area contributed by atoms with Crippen LogP contribution < -0.4 is 10.1 Å². The van der Waals surface area contributed by atoms with Crippen molar-refractivity contribution in [2.24, 2.45) is 0 Å². The molecule has 166 valence electrons. The van der Waals surface area contributed by atoms with Gasteiger partial charge in [0.1, 0.15) is 24.0 Å². The highest BCUT2D eigenvalue weighted by atomic mass is 16.5. The molecule has 0 aliphatic carbocycles. The second kappa shape index (κ2) is 10.7. The number of nitriles is 2. The maximum Gasteiger partial charge on any atom is 0.261 e. The van der Waals surface area contributed by atoms with Gasteiger partial charge in [0.25, 0.3) is 5.91 Å². The molecular weight excluding hydrogens is 424 g/mol. The lowest BCUT2D eigenvalue weighted by molar-refractivity contribution is -0.117. The van der Waals surface area contributed by atoms with Crippen LogP contribution in [0.25, 0.3) is 17.0 Å². The van der Waals surface area contributed by atoms with Gasteiger partial charge in [-0.05, 0) is 47.9 Å². The van der Waals surface area contributed by atoms with Crippen molar-refractivity contribution in [3.8, 4) is 17.9 Å². The highest BCUT2D eigenvalue weighted by molar-refractivity contribution is 6.01. The first-order chi connectivity index (χ1) is 16.7. The Morgan fingerprint density at radius 1 is 0.971 bits per heavy atom. The van der Waals surface area contributed by atoms with E-state index in [2.05, 4.69) is 16.4 Å². The van der Waals surface area contributed by atoms with E-state index in [4.69, 9.17) is 4.74 Å². The van der Waals surface area contributed by atoms with Crippen LogP contribution >= 0.6 is 0 Å². The second-order valence-electron chi connectivity index (χ2n) is 7.66. The largest absolute Gasteiger partial charge is 0.489 e. The Balaban J connectivity index is 1.33. The zero-order valence-corrected chi connectivity index (χ0v) is 18.4. The van der Waals surface area contributed by atoms with E-state index in [1.165, 1.54) is 0 Å². The monoisotopic (exact) mass is 446 g/mol. The molecule has 3 aromatic carbocycles. The van der Waals surface area contributed by atoms with Gasteiger partial charge in [-0.1, -0.05) is 48.5 Å².